The van der Waals surface area contributed by atoms with Crippen LogP contribution in [0.1, 0.15) is 34.1 Å². The smallest absolute Gasteiger partial charge is 0.0509 e. The summed E-state index contributed by atoms with van der Waals surface area (Å²) < 4.78 is 5.17. The van der Waals surface area contributed by atoms with Gasteiger partial charge in [0.2, 0.25) is 0 Å². The van der Waals surface area contributed by atoms with Crippen molar-refractivity contribution < 1.29 is 9.94 Å². The fourth-order valence-electron chi connectivity index (χ4n) is 2.36. The summed E-state index contributed by atoms with van der Waals surface area (Å²) >= 11 is 0. The van der Waals surface area contributed by atoms with E-state index in [4.69, 9.17) is 4.74 Å². The first kappa shape index (κ1) is 11.0. The van der Waals surface area contributed by atoms with Gasteiger partial charge in [0.15, 0.2) is 0 Å². The molecule has 0 saturated carbocycles. The molecule has 0 aromatic carbocycles. The molecule has 3 nitrogen and oxygen atoms in total. The molecule has 1 atom stereocenters. The van der Waals surface area contributed by atoms with Crippen molar-refractivity contribution in [2.75, 3.05) is 13.7 Å². The second-order valence-corrected chi connectivity index (χ2v) is 5.13. The van der Waals surface area contributed by atoms with Crippen LogP contribution in [0.5, 0.6) is 0 Å². The molecule has 1 aliphatic heterocycles. The van der Waals surface area contributed by atoms with Crippen LogP contribution in [0.25, 0.3) is 0 Å². The van der Waals surface area contributed by atoms with Crippen LogP contribution < -0.4 is 0 Å². The van der Waals surface area contributed by atoms with Crippen molar-refractivity contribution in [3.8, 4) is 0 Å². The molecule has 0 aromatic heterocycles. The van der Waals surface area contributed by atoms with Gasteiger partial charge in [-0.3, -0.25) is 0 Å². The maximum atomic E-state index is 9.96. The molecule has 0 aliphatic carbocycles. The molecule has 78 valence electrons. The first-order chi connectivity index (χ1) is 5.82. The molecule has 1 saturated heterocycles. The van der Waals surface area contributed by atoms with Gasteiger partial charge in [-0.15, -0.1) is 0 Å². The van der Waals surface area contributed by atoms with Crippen molar-refractivity contribution in [2.45, 2.75) is 45.2 Å². The fraction of sp³-hybridized carbons (Fsp3) is 1.00. The molecular weight excluding hydrogens is 166 g/mol. The zero-order valence-electron chi connectivity index (χ0n) is 9.29. The highest BCUT2D eigenvalue weighted by molar-refractivity contribution is 5.01. The van der Waals surface area contributed by atoms with Gasteiger partial charge >= 0.3 is 0 Å². The summed E-state index contributed by atoms with van der Waals surface area (Å²) in [5.74, 6) is 0.400. The van der Waals surface area contributed by atoms with Crippen LogP contribution in [0.4, 0.5) is 0 Å². The molecule has 0 aromatic rings. The average Bonchev–Trinajstić information content (AvgIpc) is 2.14. The third kappa shape index (κ3) is 1.73. The number of hydrogen-bond acceptors (Lipinski definition) is 3. The van der Waals surface area contributed by atoms with Crippen LogP contribution in [0.2, 0.25) is 0 Å². The summed E-state index contributed by atoms with van der Waals surface area (Å²) in [6.07, 6.45) is 0.977. The van der Waals surface area contributed by atoms with E-state index in [1.807, 2.05) is 0 Å². The molecule has 1 fully saturated rings. The SMILES string of the molecule is COCC1CC(C)(C)N(O)C1(C)C. The summed E-state index contributed by atoms with van der Waals surface area (Å²) in [4.78, 5) is 0. The number of nitrogens with zero attached hydrogens (tertiary/aromatic N) is 1. The maximum absolute atomic E-state index is 9.96. The van der Waals surface area contributed by atoms with Gasteiger partial charge in [-0.2, -0.15) is 5.06 Å². The zero-order chi connectivity index (χ0) is 10.3. The Balaban J connectivity index is 2.80. The van der Waals surface area contributed by atoms with Gasteiger partial charge in [-0.25, -0.2) is 0 Å². The third-order valence-electron chi connectivity index (χ3n) is 3.23. The third-order valence-corrected chi connectivity index (χ3v) is 3.23. The lowest BCUT2D eigenvalue weighted by molar-refractivity contribution is -0.198. The summed E-state index contributed by atoms with van der Waals surface area (Å²) in [6.45, 7) is 8.96. The summed E-state index contributed by atoms with van der Waals surface area (Å²) in [6, 6.07) is 0. The predicted octanol–water partition coefficient (Wildman–Crippen LogP) is 1.90. The normalized spacial score (nSPS) is 32.3. The number of ether oxygens (including phenoxy) is 1. The van der Waals surface area contributed by atoms with Gasteiger partial charge in [0.25, 0.3) is 0 Å². The standard InChI is InChI=1S/C10H21NO2/c1-9(2)6-8(7-13-5)10(3,4)11(9)12/h8,12H,6-7H2,1-5H3. The van der Waals surface area contributed by atoms with Gasteiger partial charge in [0, 0.05) is 24.1 Å². The predicted molar refractivity (Wildman–Crippen MR) is 51.8 cm³/mol. The van der Waals surface area contributed by atoms with Crippen molar-refractivity contribution in [1.29, 1.82) is 0 Å². The highest BCUT2D eigenvalue weighted by atomic mass is 16.5. The first-order valence-corrected chi connectivity index (χ1v) is 4.80. The van der Waals surface area contributed by atoms with E-state index in [0.29, 0.717) is 12.5 Å². The molecule has 0 radical (unpaired) electrons. The Morgan fingerprint density at radius 3 is 2.23 bits per heavy atom. The molecular formula is C10H21NO2. The van der Waals surface area contributed by atoms with Crippen molar-refractivity contribution >= 4 is 0 Å². The van der Waals surface area contributed by atoms with Crippen LogP contribution in [0, 0.1) is 5.92 Å². The van der Waals surface area contributed by atoms with Crippen molar-refractivity contribution in [3.05, 3.63) is 0 Å². The van der Waals surface area contributed by atoms with Crippen LogP contribution >= 0.6 is 0 Å². The van der Waals surface area contributed by atoms with E-state index in [0.717, 1.165) is 6.42 Å². The minimum absolute atomic E-state index is 0.132. The lowest BCUT2D eigenvalue weighted by Gasteiger charge is -2.35. The molecule has 0 bridgehead atoms. The second-order valence-electron chi connectivity index (χ2n) is 5.13. The molecule has 1 heterocycles. The minimum atomic E-state index is -0.181. The van der Waals surface area contributed by atoms with E-state index in [1.165, 1.54) is 5.06 Å². The number of rotatable bonds is 2. The number of hydroxylamine groups is 2. The van der Waals surface area contributed by atoms with E-state index in [1.54, 1.807) is 7.11 Å². The van der Waals surface area contributed by atoms with Crippen molar-refractivity contribution in [1.82, 2.24) is 5.06 Å². The Morgan fingerprint density at radius 2 is 1.92 bits per heavy atom. The van der Waals surface area contributed by atoms with Crippen LogP contribution in [0.3, 0.4) is 0 Å². The number of methoxy groups -OCH3 is 1. The lowest BCUT2D eigenvalue weighted by atomic mass is 9.88. The van der Waals surface area contributed by atoms with Crippen LogP contribution in [-0.2, 0) is 4.74 Å². The summed E-state index contributed by atoms with van der Waals surface area (Å²) in [5, 5.41) is 11.4. The van der Waals surface area contributed by atoms with E-state index in [9.17, 15) is 5.21 Å². The van der Waals surface area contributed by atoms with Crippen LogP contribution in [0.15, 0.2) is 0 Å². The van der Waals surface area contributed by atoms with Gasteiger partial charge in [-0.1, -0.05) is 0 Å². The Kier molecular flexibility index (Phi) is 2.72. The lowest BCUT2D eigenvalue weighted by Crippen LogP contribution is -2.47. The second kappa shape index (κ2) is 3.23. The molecule has 1 unspecified atom stereocenters. The highest BCUT2D eigenvalue weighted by Crippen LogP contribution is 2.43. The molecule has 3 heteroatoms. The highest BCUT2D eigenvalue weighted by Gasteiger charge is 2.50. The topological polar surface area (TPSA) is 32.7 Å². The molecule has 1 rings (SSSR count). The van der Waals surface area contributed by atoms with Gasteiger partial charge < -0.3 is 9.94 Å². The minimum Gasteiger partial charge on any atom is -0.384 e. The van der Waals surface area contributed by atoms with Gasteiger partial charge in [0.05, 0.1) is 6.61 Å². The Hall–Kier alpha value is -0.120. The maximum Gasteiger partial charge on any atom is 0.0509 e. The van der Waals surface area contributed by atoms with Crippen LogP contribution in [-0.4, -0.2) is 35.1 Å². The van der Waals surface area contributed by atoms with Gasteiger partial charge in [0.1, 0.15) is 0 Å². The molecule has 1 aliphatic rings. The van der Waals surface area contributed by atoms with Crippen molar-refractivity contribution in [3.63, 3.8) is 0 Å². The van der Waals surface area contributed by atoms with E-state index < -0.39 is 0 Å². The van der Waals surface area contributed by atoms with Gasteiger partial charge in [-0.05, 0) is 34.1 Å². The molecule has 1 N–H and O–H groups in total. The molecule has 0 amide bonds. The quantitative estimate of drug-likeness (QED) is 0.716. The Bertz CT molecular complexity index is 189. The number of hydrogen-bond donors (Lipinski definition) is 1. The van der Waals surface area contributed by atoms with Crippen molar-refractivity contribution in [2.24, 2.45) is 5.92 Å². The Labute approximate surface area is 80.6 Å². The first-order valence-electron chi connectivity index (χ1n) is 4.80. The summed E-state index contributed by atoms with van der Waals surface area (Å²) in [5.41, 5.74) is -0.313. The largest absolute Gasteiger partial charge is 0.384 e. The van der Waals surface area contributed by atoms with E-state index in [2.05, 4.69) is 27.7 Å². The average molecular weight is 187 g/mol. The van der Waals surface area contributed by atoms with E-state index >= 15 is 0 Å². The Morgan fingerprint density at radius 1 is 1.38 bits per heavy atom. The molecule has 13 heavy (non-hydrogen) atoms. The molecule has 0 spiro atoms. The zero-order valence-corrected chi connectivity index (χ0v) is 9.29. The monoisotopic (exact) mass is 187 g/mol. The summed E-state index contributed by atoms with van der Waals surface area (Å²) in [7, 11) is 1.71. The fourth-order valence-corrected chi connectivity index (χ4v) is 2.36. The van der Waals surface area contributed by atoms with E-state index in [-0.39, 0.29) is 11.1 Å².